The predicted octanol–water partition coefficient (Wildman–Crippen LogP) is 2.81. The number of anilines is 3. The van der Waals surface area contributed by atoms with Crippen LogP contribution in [0.3, 0.4) is 0 Å². The fourth-order valence-electron chi connectivity index (χ4n) is 5.43. The molecule has 10 nitrogen and oxygen atoms in total. The standard InChI is InChI=1S/C27H36N8O2/c1-33-8-10-34(11-9-33)22-18-30-27(31-19-22)32-20-2-4-23(5-3-20)37-25-17-21(35-12-14-36-15-13-35)16-24-26(25)29-7-6-28-24/h6-7,16-20,23H,2-5,8-15H2,1H3,(H,30,31,32). The second kappa shape index (κ2) is 11.0. The second-order valence-corrected chi connectivity index (χ2v) is 10.3. The number of nitrogens with zero attached hydrogens (tertiary/aromatic N) is 7. The predicted molar refractivity (Wildman–Crippen MR) is 145 cm³/mol. The number of benzene rings is 1. The van der Waals surface area contributed by atoms with Gasteiger partial charge < -0.3 is 29.5 Å². The van der Waals surface area contributed by atoms with E-state index in [9.17, 15) is 0 Å². The molecule has 3 aromatic rings. The Kier molecular flexibility index (Phi) is 7.18. The van der Waals surface area contributed by atoms with Crippen LogP contribution in [0.15, 0.2) is 36.9 Å². The average molecular weight is 505 g/mol. The van der Waals surface area contributed by atoms with Crippen LogP contribution in [0.4, 0.5) is 17.3 Å². The Morgan fingerprint density at radius 1 is 0.811 bits per heavy atom. The van der Waals surface area contributed by atoms with E-state index in [0.717, 1.165) is 106 Å². The van der Waals surface area contributed by atoms with Gasteiger partial charge in [0, 0.05) is 69.5 Å². The van der Waals surface area contributed by atoms with Crippen LogP contribution < -0.4 is 19.9 Å². The molecule has 1 aromatic carbocycles. The van der Waals surface area contributed by atoms with Crippen molar-refractivity contribution >= 4 is 28.4 Å². The Hall–Kier alpha value is -3.24. The van der Waals surface area contributed by atoms with Gasteiger partial charge in [0.15, 0.2) is 0 Å². The SMILES string of the molecule is CN1CCN(c2cnc(NC3CCC(Oc4cc(N5CCOCC5)cc5nccnc45)CC3)nc2)CC1. The van der Waals surface area contributed by atoms with Gasteiger partial charge in [-0.25, -0.2) is 15.0 Å². The summed E-state index contributed by atoms with van der Waals surface area (Å²) in [4.78, 5) is 25.4. The van der Waals surface area contributed by atoms with Gasteiger partial charge in [-0.2, -0.15) is 0 Å². The van der Waals surface area contributed by atoms with Crippen molar-refractivity contribution in [1.82, 2.24) is 24.8 Å². The highest BCUT2D eigenvalue weighted by Gasteiger charge is 2.25. The molecule has 6 rings (SSSR count). The van der Waals surface area contributed by atoms with Gasteiger partial charge >= 0.3 is 0 Å². The first-order chi connectivity index (χ1) is 18.2. The molecule has 0 radical (unpaired) electrons. The highest BCUT2D eigenvalue weighted by molar-refractivity contribution is 5.85. The highest BCUT2D eigenvalue weighted by atomic mass is 16.5. The van der Waals surface area contributed by atoms with Crippen LogP contribution in [0.1, 0.15) is 25.7 Å². The van der Waals surface area contributed by atoms with E-state index in [0.29, 0.717) is 12.0 Å². The summed E-state index contributed by atoms with van der Waals surface area (Å²) in [5.41, 5.74) is 3.92. The number of rotatable bonds is 6. The molecule has 0 spiro atoms. The van der Waals surface area contributed by atoms with Crippen LogP contribution >= 0.6 is 0 Å². The van der Waals surface area contributed by atoms with Crippen molar-refractivity contribution < 1.29 is 9.47 Å². The van der Waals surface area contributed by atoms with Gasteiger partial charge in [-0.15, -0.1) is 0 Å². The Labute approximate surface area is 218 Å². The molecule has 4 heterocycles. The normalized spacial score (nSPS) is 23.3. The number of ether oxygens (including phenoxy) is 2. The van der Waals surface area contributed by atoms with Gasteiger partial charge in [-0.05, 0) is 38.8 Å². The van der Waals surface area contributed by atoms with Gasteiger partial charge in [0.05, 0.1) is 42.9 Å². The lowest BCUT2D eigenvalue weighted by Crippen LogP contribution is -2.44. The third-order valence-corrected chi connectivity index (χ3v) is 7.71. The second-order valence-electron chi connectivity index (χ2n) is 10.3. The van der Waals surface area contributed by atoms with Gasteiger partial charge in [0.25, 0.3) is 0 Å². The number of nitrogens with one attached hydrogen (secondary N) is 1. The van der Waals surface area contributed by atoms with Crippen molar-refractivity contribution in [2.75, 3.05) is 74.6 Å². The molecule has 196 valence electrons. The summed E-state index contributed by atoms with van der Waals surface area (Å²) in [7, 11) is 2.17. The van der Waals surface area contributed by atoms with Crippen LogP contribution in [0.2, 0.25) is 0 Å². The van der Waals surface area contributed by atoms with Crippen molar-refractivity contribution in [2.24, 2.45) is 0 Å². The molecule has 2 aliphatic heterocycles. The zero-order valence-electron chi connectivity index (χ0n) is 21.6. The molecule has 0 bridgehead atoms. The topological polar surface area (TPSA) is 91.8 Å². The number of piperazine rings is 1. The van der Waals surface area contributed by atoms with Gasteiger partial charge in [0.2, 0.25) is 5.95 Å². The smallest absolute Gasteiger partial charge is 0.222 e. The minimum Gasteiger partial charge on any atom is -0.488 e. The number of hydrogen-bond acceptors (Lipinski definition) is 10. The molecule has 0 unspecified atom stereocenters. The fraction of sp³-hybridized carbons (Fsp3) is 0.556. The Morgan fingerprint density at radius 2 is 1.51 bits per heavy atom. The van der Waals surface area contributed by atoms with Crippen LogP contribution in [0, 0.1) is 0 Å². The van der Waals surface area contributed by atoms with Crippen LogP contribution in [-0.2, 0) is 4.74 Å². The summed E-state index contributed by atoms with van der Waals surface area (Å²) in [6.07, 6.45) is 11.5. The molecule has 0 atom stereocenters. The summed E-state index contributed by atoms with van der Waals surface area (Å²) < 4.78 is 12.1. The van der Waals surface area contributed by atoms with Crippen molar-refractivity contribution in [3.05, 3.63) is 36.9 Å². The molecular formula is C27H36N8O2. The molecule has 2 aromatic heterocycles. The van der Waals surface area contributed by atoms with E-state index in [-0.39, 0.29) is 6.10 Å². The van der Waals surface area contributed by atoms with Gasteiger partial charge in [0.1, 0.15) is 11.3 Å². The molecule has 2 saturated heterocycles. The van der Waals surface area contributed by atoms with Gasteiger partial charge in [-0.3, -0.25) is 4.98 Å². The van der Waals surface area contributed by atoms with Crippen LogP contribution in [-0.4, -0.2) is 96.5 Å². The molecule has 37 heavy (non-hydrogen) atoms. The first kappa shape index (κ1) is 24.1. The quantitative estimate of drug-likeness (QED) is 0.540. The molecular weight excluding hydrogens is 468 g/mol. The number of hydrogen-bond donors (Lipinski definition) is 1. The molecule has 1 N–H and O–H groups in total. The minimum atomic E-state index is 0.156. The third-order valence-electron chi connectivity index (χ3n) is 7.71. The maximum atomic E-state index is 6.56. The first-order valence-electron chi connectivity index (χ1n) is 13.5. The summed E-state index contributed by atoms with van der Waals surface area (Å²) in [6, 6.07) is 4.59. The first-order valence-corrected chi connectivity index (χ1v) is 13.5. The zero-order chi connectivity index (χ0) is 25.0. The monoisotopic (exact) mass is 504 g/mol. The largest absolute Gasteiger partial charge is 0.488 e. The van der Waals surface area contributed by atoms with E-state index in [4.69, 9.17) is 9.47 Å². The summed E-state index contributed by atoms with van der Waals surface area (Å²) in [6.45, 7) is 7.43. The number of likely N-dealkylation sites (N-methyl/N-ethyl adjacent to an activating group) is 1. The van der Waals surface area contributed by atoms with E-state index in [1.54, 1.807) is 12.4 Å². The Balaban J connectivity index is 1.06. The highest BCUT2D eigenvalue weighted by Crippen LogP contribution is 2.33. The average Bonchev–Trinajstić information content (AvgIpc) is 2.95. The van der Waals surface area contributed by atoms with E-state index in [2.05, 4.69) is 59.1 Å². The minimum absolute atomic E-state index is 0.156. The van der Waals surface area contributed by atoms with Crippen molar-refractivity contribution in [2.45, 2.75) is 37.8 Å². The lowest BCUT2D eigenvalue weighted by atomic mass is 9.93. The van der Waals surface area contributed by atoms with Gasteiger partial charge in [-0.1, -0.05) is 0 Å². The number of aromatic nitrogens is 4. The van der Waals surface area contributed by atoms with E-state index < -0.39 is 0 Å². The molecule has 3 fully saturated rings. The Morgan fingerprint density at radius 3 is 2.27 bits per heavy atom. The maximum absolute atomic E-state index is 6.56. The molecule has 1 saturated carbocycles. The third kappa shape index (κ3) is 5.70. The lowest BCUT2D eigenvalue weighted by Gasteiger charge is -2.33. The summed E-state index contributed by atoms with van der Waals surface area (Å²) in [5, 5.41) is 3.54. The van der Waals surface area contributed by atoms with Crippen LogP contribution in [0.25, 0.3) is 11.0 Å². The van der Waals surface area contributed by atoms with Crippen LogP contribution in [0.5, 0.6) is 5.75 Å². The van der Waals surface area contributed by atoms with Crippen molar-refractivity contribution in [1.29, 1.82) is 0 Å². The Bertz CT molecular complexity index is 1170. The molecule has 0 amide bonds. The summed E-state index contributed by atoms with van der Waals surface area (Å²) >= 11 is 0. The van der Waals surface area contributed by atoms with E-state index >= 15 is 0 Å². The molecule has 3 aliphatic rings. The molecule has 1 aliphatic carbocycles. The number of fused-ring (bicyclic) bond motifs is 1. The van der Waals surface area contributed by atoms with E-state index in [1.807, 2.05) is 12.4 Å². The van der Waals surface area contributed by atoms with E-state index in [1.165, 1.54) is 0 Å². The number of morpholine rings is 1. The maximum Gasteiger partial charge on any atom is 0.222 e. The van der Waals surface area contributed by atoms with Crippen molar-refractivity contribution in [3.8, 4) is 5.75 Å². The zero-order valence-corrected chi connectivity index (χ0v) is 21.6. The fourth-order valence-corrected chi connectivity index (χ4v) is 5.43. The summed E-state index contributed by atoms with van der Waals surface area (Å²) in [5.74, 6) is 1.54. The lowest BCUT2D eigenvalue weighted by molar-refractivity contribution is 0.122. The van der Waals surface area contributed by atoms with Crippen molar-refractivity contribution in [3.63, 3.8) is 0 Å². The molecule has 10 heteroatoms.